The number of carbonyl (C=O) groups excluding carboxylic acids is 1. The van der Waals surface area contributed by atoms with Crippen LogP contribution in [0.2, 0.25) is 0 Å². The molecular formula is C22H22N6O3. The molecule has 1 saturated heterocycles. The van der Waals surface area contributed by atoms with Gasteiger partial charge in [0.1, 0.15) is 11.8 Å². The van der Waals surface area contributed by atoms with Crippen LogP contribution in [-0.4, -0.2) is 68.9 Å². The number of para-hydroxylation sites is 2. The Bertz CT molecular complexity index is 1190. The van der Waals surface area contributed by atoms with Gasteiger partial charge in [0.15, 0.2) is 6.61 Å². The van der Waals surface area contributed by atoms with E-state index in [0.717, 1.165) is 17.4 Å². The minimum Gasteiger partial charge on any atom is -0.484 e. The summed E-state index contributed by atoms with van der Waals surface area (Å²) in [6.07, 6.45) is 1.76. The second-order valence-corrected chi connectivity index (χ2v) is 7.51. The molecule has 0 N–H and O–H groups in total. The number of piperazine rings is 1. The number of benzene rings is 2. The Morgan fingerprint density at radius 3 is 2.81 bits per heavy atom. The average molecular weight is 418 g/mol. The van der Waals surface area contributed by atoms with Crippen molar-refractivity contribution in [3.63, 3.8) is 0 Å². The lowest BCUT2D eigenvalue weighted by atomic mass is 10.1. The average Bonchev–Trinajstić information content (AvgIpc) is 3.45. The van der Waals surface area contributed by atoms with Crippen molar-refractivity contribution in [2.45, 2.75) is 6.04 Å². The summed E-state index contributed by atoms with van der Waals surface area (Å²) in [7, 11) is 2.01. The molecule has 2 aromatic carbocycles. The first-order chi connectivity index (χ1) is 15.2. The number of amides is 1. The Kier molecular flexibility index (Phi) is 5.09. The fourth-order valence-corrected chi connectivity index (χ4v) is 3.75. The molecule has 31 heavy (non-hydrogen) atoms. The van der Waals surface area contributed by atoms with Gasteiger partial charge in [-0.2, -0.15) is 14.8 Å². The van der Waals surface area contributed by atoms with E-state index in [4.69, 9.17) is 9.26 Å². The standard InChI is InChI=1S/C22H22N6O3/c1-26-11-12-27(20(29)15-30-17-8-3-2-4-9-17)19(14-26)21-24-22(25-31-21)28-18-10-6-5-7-16(18)13-23-28/h2-10,13,19H,11-12,14-15H2,1H3/t19-/m1/s1. The summed E-state index contributed by atoms with van der Waals surface area (Å²) in [5.74, 6) is 1.27. The summed E-state index contributed by atoms with van der Waals surface area (Å²) < 4.78 is 12.9. The second-order valence-electron chi connectivity index (χ2n) is 7.51. The second kappa shape index (κ2) is 8.19. The van der Waals surface area contributed by atoms with Gasteiger partial charge in [-0.1, -0.05) is 36.4 Å². The lowest BCUT2D eigenvalue weighted by Crippen LogP contribution is -2.50. The molecule has 2 aromatic heterocycles. The molecule has 0 spiro atoms. The Balaban J connectivity index is 1.37. The molecule has 1 amide bonds. The van der Waals surface area contributed by atoms with Crippen LogP contribution in [0.25, 0.3) is 16.9 Å². The Morgan fingerprint density at radius 1 is 1.13 bits per heavy atom. The molecule has 1 aliphatic rings. The molecule has 9 heteroatoms. The van der Waals surface area contributed by atoms with E-state index in [-0.39, 0.29) is 18.6 Å². The van der Waals surface area contributed by atoms with Gasteiger partial charge in [-0.3, -0.25) is 4.79 Å². The molecule has 9 nitrogen and oxygen atoms in total. The first kappa shape index (κ1) is 19.3. The van der Waals surface area contributed by atoms with Crippen molar-refractivity contribution < 1.29 is 14.1 Å². The summed E-state index contributed by atoms with van der Waals surface area (Å²) >= 11 is 0. The zero-order chi connectivity index (χ0) is 21.2. The van der Waals surface area contributed by atoms with Crippen LogP contribution in [0.3, 0.4) is 0 Å². The minimum absolute atomic E-state index is 0.0466. The van der Waals surface area contributed by atoms with Gasteiger partial charge in [0.2, 0.25) is 0 Å². The van der Waals surface area contributed by atoms with E-state index in [2.05, 4.69) is 20.1 Å². The van der Waals surface area contributed by atoms with E-state index in [1.54, 1.807) is 15.8 Å². The predicted octanol–water partition coefficient (Wildman–Crippen LogP) is 2.30. The van der Waals surface area contributed by atoms with Gasteiger partial charge in [-0.05, 0) is 30.4 Å². The molecular weight excluding hydrogens is 396 g/mol. The molecule has 1 fully saturated rings. The van der Waals surface area contributed by atoms with Crippen molar-refractivity contribution in [3.8, 4) is 11.7 Å². The zero-order valence-electron chi connectivity index (χ0n) is 17.1. The smallest absolute Gasteiger partial charge is 0.291 e. The van der Waals surface area contributed by atoms with Crippen LogP contribution in [0.4, 0.5) is 0 Å². The molecule has 1 aliphatic heterocycles. The predicted molar refractivity (Wildman–Crippen MR) is 113 cm³/mol. The maximum absolute atomic E-state index is 12.9. The molecule has 1 atom stereocenters. The molecule has 0 bridgehead atoms. The number of hydrogen-bond acceptors (Lipinski definition) is 7. The van der Waals surface area contributed by atoms with Gasteiger partial charge in [0, 0.05) is 25.0 Å². The number of hydrogen-bond donors (Lipinski definition) is 0. The maximum atomic E-state index is 12.9. The van der Waals surface area contributed by atoms with Crippen molar-refractivity contribution in [3.05, 3.63) is 66.7 Å². The number of likely N-dealkylation sites (N-methyl/N-ethyl adjacent to an activating group) is 1. The van der Waals surface area contributed by atoms with Gasteiger partial charge in [0.05, 0.1) is 11.7 Å². The third-order valence-electron chi connectivity index (χ3n) is 5.39. The lowest BCUT2D eigenvalue weighted by Gasteiger charge is -2.37. The van der Waals surface area contributed by atoms with E-state index in [0.29, 0.717) is 30.7 Å². The van der Waals surface area contributed by atoms with Crippen LogP contribution in [0.5, 0.6) is 5.75 Å². The van der Waals surface area contributed by atoms with Crippen LogP contribution >= 0.6 is 0 Å². The zero-order valence-corrected chi connectivity index (χ0v) is 17.1. The molecule has 4 aromatic rings. The first-order valence-electron chi connectivity index (χ1n) is 10.1. The highest BCUT2D eigenvalue weighted by Crippen LogP contribution is 2.25. The Labute approximate surface area is 178 Å². The topological polar surface area (TPSA) is 89.5 Å². The third kappa shape index (κ3) is 3.87. The van der Waals surface area contributed by atoms with Gasteiger partial charge in [-0.15, -0.1) is 0 Å². The van der Waals surface area contributed by atoms with E-state index in [1.165, 1.54) is 0 Å². The largest absolute Gasteiger partial charge is 0.484 e. The van der Waals surface area contributed by atoms with Crippen LogP contribution in [0, 0.1) is 0 Å². The first-order valence-corrected chi connectivity index (χ1v) is 10.1. The number of fused-ring (bicyclic) bond motifs is 1. The highest BCUT2D eigenvalue weighted by molar-refractivity contribution is 5.79. The Hall–Kier alpha value is -3.72. The van der Waals surface area contributed by atoms with Crippen LogP contribution in [0.1, 0.15) is 11.9 Å². The van der Waals surface area contributed by atoms with Crippen molar-refractivity contribution in [2.24, 2.45) is 0 Å². The maximum Gasteiger partial charge on any atom is 0.291 e. The Morgan fingerprint density at radius 2 is 1.94 bits per heavy atom. The molecule has 158 valence electrons. The summed E-state index contributed by atoms with van der Waals surface area (Å²) in [5.41, 5.74) is 0.889. The van der Waals surface area contributed by atoms with Crippen molar-refractivity contribution >= 4 is 16.8 Å². The monoisotopic (exact) mass is 418 g/mol. The van der Waals surface area contributed by atoms with Crippen molar-refractivity contribution in [2.75, 3.05) is 33.3 Å². The normalized spacial score (nSPS) is 17.2. The van der Waals surface area contributed by atoms with E-state index < -0.39 is 0 Å². The highest BCUT2D eigenvalue weighted by atomic mass is 16.5. The molecule has 0 saturated carbocycles. The number of ether oxygens (including phenoxy) is 1. The fraction of sp³-hybridized carbons (Fsp3) is 0.273. The molecule has 5 rings (SSSR count). The number of nitrogens with zero attached hydrogens (tertiary/aromatic N) is 6. The summed E-state index contributed by atoms with van der Waals surface area (Å²) in [5, 5.41) is 9.49. The molecule has 0 unspecified atom stereocenters. The lowest BCUT2D eigenvalue weighted by molar-refractivity contribution is -0.139. The summed E-state index contributed by atoms with van der Waals surface area (Å²) in [6, 6.07) is 16.8. The molecule has 3 heterocycles. The SMILES string of the molecule is CN1CCN(C(=O)COc2ccccc2)[C@@H](c2nc(-n3ncc4ccccc43)no2)C1. The van der Waals surface area contributed by atoms with Gasteiger partial charge in [0.25, 0.3) is 17.7 Å². The minimum atomic E-state index is -0.353. The van der Waals surface area contributed by atoms with E-state index in [9.17, 15) is 4.79 Å². The van der Waals surface area contributed by atoms with Gasteiger partial charge < -0.3 is 19.1 Å². The quantitative estimate of drug-likeness (QED) is 0.491. The van der Waals surface area contributed by atoms with E-state index in [1.807, 2.05) is 61.6 Å². The van der Waals surface area contributed by atoms with E-state index >= 15 is 0 Å². The van der Waals surface area contributed by atoms with Gasteiger partial charge in [-0.25, -0.2) is 0 Å². The highest BCUT2D eigenvalue weighted by Gasteiger charge is 2.34. The number of carbonyl (C=O) groups is 1. The van der Waals surface area contributed by atoms with Crippen LogP contribution in [-0.2, 0) is 4.79 Å². The fourth-order valence-electron chi connectivity index (χ4n) is 3.75. The molecule has 0 radical (unpaired) electrons. The number of aromatic nitrogens is 4. The number of rotatable bonds is 5. The van der Waals surface area contributed by atoms with Crippen molar-refractivity contribution in [1.29, 1.82) is 0 Å². The van der Waals surface area contributed by atoms with Crippen LogP contribution in [0.15, 0.2) is 65.3 Å². The summed E-state index contributed by atoms with van der Waals surface area (Å²) in [4.78, 5) is 21.4. The summed E-state index contributed by atoms with van der Waals surface area (Å²) in [6.45, 7) is 1.87. The van der Waals surface area contributed by atoms with Gasteiger partial charge >= 0.3 is 0 Å². The molecule has 0 aliphatic carbocycles. The van der Waals surface area contributed by atoms with Crippen LogP contribution < -0.4 is 4.74 Å². The third-order valence-corrected chi connectivity index (χ3v) is 5.39. The van der Waals surface area contributed by atoms with Crippen molar-refractivity contribution in [1.82, 2.24) is 29.7 Å².